The van der Waals surface area contributed by atoms with Gasteiger partial charge in [-0.3, -0.25) is 0 Å². The molecule has 0 aliphatic rings. The zero-order valence-corrected chi connectivity index (χ0v) is 32.3. The van der Waals surface area contributed by atoms with Gasteiger partial charge in [0.05, 0.1) is 0 Å². The smallest absolute Gasteiger partial charge is 0.416 e. The number of nitrogens with one attached hydrogen (secondary N) is 1. The van der Waals surface area contributed by atoms with Gasteiger partial charge in [0, 0.05) is 0 Å². The van der Waals surface area contributed by atoms with E-state index in [0.29, 0.717) is 0 Å². The van der Waals surface area contributed by atoms with Crippen molar-refractivity contribution in [3.05, 3.63) is 0 Å². The lowest BCUT2D eigenvalue weighted by Gasteiger charge is -2.20. The molecule has 5 heteroatoms. The monoisotopic (exact) mass is 666 g/mol. The largest absolute Gasteiger partial charge is 0.446 e. The standard InChI is InChI=1S/C42H83NO4/c1-5-9-13-17-21-25-29-33-37-39(35-31-27-23-19-15-11-7-3)46-41(44)43-42(45)47-40(36-32-28-24-20-16-12-8-4)38-34-30-26-22-18-14-10-6-2/h39-40H,5-38H2,1-4H3,(H,43,44,45). The van der Waals surface area contributed by atoms with Crippen molar-refractivity contribution in [1.29, 1.82) is 0 Å². The Morgan fingerprint density at radius 1 is 0.340 bits per heavy atom. The van der Waals surface area contributed by atoms with Crippen molar-refractivity contribution in [2.75, 3.05) is 0 Å². The summed E-state index contributed by atoms with van der Waals surface area (Å²) >= 11 is 0. The van der Waals surface area contributed by atoms with Gasteiger partial charge in [-0.05, 0) is 51.4 Å². The molecule has 0 aromatic heterocycles. The van der Waals surface area contributed by atoms with Crippen molar-refractivity contribution in [2.45, 2.75) is 258 Å². The molecule has 0 rings (SSSR count). The molecule has 0 fully saturated rings. The minimum Gasteiger partial charge on any atom is -0.446 e. The Balaban J connectivity index is 4.74. The Morgan fingerprint density at radius 2 is 0.532 bits per heavy atom. The topological polar surface area (TPSA) is 64.6 Å². The van der Waals surface area contributed by atoms with Crippen LogP contribution in [0.3, 0.4) is 0 Å². The molecule has 2 atom stereocenters. The molecular formula is C42H83NO4. The maximum absolute atomic E-state index is 12.8. The van der Waals surface area contributed by atoms with Gasteiger partial charge < -0.3 is 9.47 Å². The minimum atomic E-state index is -0.635. The first-order valence-corrected chi connectivity index (χ1v) is 21.2. The fourth-order valence-corrected chi connectivity index (χ4v) is 6.64. The Labute approximate surface area is 294 Å². The van der Waals surface area contributed by atoms with E-state index in [2.05, 4.69) is 33.0 Å². The molecular weight excluding hydrogens is 582 g/mol. The van der Waals surface area contributed by atoms with Crippen LogP contribution in [-0.4, -0.2) is 24.4 Å². The van der Waals surface area contributed by atoms with Crippen LogP contribution in [0.15, 0.2) is 0 Å². The van der Waals surface area contributed by atoms with Crippen molar-refractivity contribution in [2.24, 2.45) is 0 Å². The molecule has 0 heterocycles. The Morgan fingerprint density at radius 3 is 0.745 bits per heavy atom. The van der Waals surface area contributed by atoms with Crippen molar-refractivity contribution < 1.29 is 19.1 Å². The van der Waals surface area contributed by atoms with Crippen molar-refractivity contribution in [3.8, 4) is 0 Å². The molecule has 0 radical (unpaired) electrons. The molecule has 2 unspecified atom stereocenters. The van der Waals surface area contributed by atoms with Crippen LogP contribution in [0, 0.1) is 0 Å². The second-order valence-corrected chi connectivity index (χ2v) is 14.5. The zero-order valence-electron chi connectivity index (χ0n) is 32.3. The van der Waals surface area contributed by atoms with Crippen LogP contribution >= 0.6 is 0 Å². The number of alkyl carbamates (subject to hydrolysis) is 2. The highest BCUT2D eigenvalue weighted by atomic mass is 16.6. The van der Waals surface area contributed by atoms with E-state index in [0.717, 1.165) is 51.4 Å². The molecule has 0 aliphatic carbocycles. The molecule has 280 valence electrons. The highest BCUT2D eigenvalue weighted by Crippen LogP contribution is 2.19. The molecule has 2 amide bonds. The van der Waals surface area contributed by atoms with E-state index in [9.17, 15) is 9.59 Å². The summed E-state index contributed by atoms with van der Waals surface area (Å²) in [4.78, 5) is 25.7. The summed E-state index contributed by atoms with van der Waals surface area (Å²) in [7, 11) is 0. The van der Waals surface area contributed by atoms with Crippen LogP contribution in [0.2, 0.25) is 0 Å². The first-order valence-electron chi connectivity index (χ1n) is 21.2. The number of unbranched alkanes of at least 4 members (excludes halogenated alkanes) is 26. The molecule has 0 saturated carbocycles. The van der Waals surface area contributed by atoms with Crippen LogP contribution in [0.25, 0.3) is 0 Å². The second kappa shape index (κ2) is 37.6. The van der Waals surface area contributed by atoms with Crippen LogP contribution in [-0.2, 0) is 9.47 Å². The lowest BCUT2D eigenvalue weighted by atomic mass is 10.0. The third-order valence-electron chi connectivity index (χ3n) is 9.77. The van der Waals surface area contributed by atoms with Gasteiger partial charge in [-0.1, -0.05) is 195 Å². The van der Waals surface area contributed by atoms with Crippen molar-refractivity contribution >= 4 is 12.2 Å². The third-order valence-corrected chi connectivity index (χ3v) is 9.77. The van der Waals surface area contributed by atoms with Crippen molar-refractivity contribution in [1.82, 2.24) is 5.32 Å². The predicted octanol–water partition coefficient (Wildman–Crippen LogP) is 14.9. The van der Waals surface area contributed by atoms with Crippen LogP contribution in [0.5, 0.6) is 0 Å². The van der Waals surface area contributed by atoms with Gasteiger partial charge in [0.15, 0.2) is 0 Å². The van der Waals surface area contributed by atoms with Gasteiger partial charge >= 0.3 is 12.2 Å². The molecule has 0 bridgehead atoms. The zero-order chi connectivity index (χ0) is 34.5. The summed E-state index contributed by atoms with van der Waals surface area (Å²) in [6.45, 7) is 9.02. The quantitative estimate of drug-likeness (QED) is 0.0676. The molecule has 1 N–H and O–H groups in total. The van der Waals surface area contributed by atoms with E-state index in [1.807, 2.05) is 0 Å². The predicted molar refractivity (Wildman–Crippen MR) is 203 cm³/mol. The van der Waals surface area contributed by atoms with Gasteiger partial charge in [-0.25, -0.2) is 14.9 Å². The Hall–Kier alpha value is -1.26. The van der Waals surface area contributed by atoms with E-state index in [1.54, 1.807) is 0 Å². The molecule has 0 saturated heterocycles. The number of imide groups is 1. The minimum absolute atomic E-state index is 0.126. The molecule has 0 aliphatic heterocycles. The molecule has 47 heavy (non-hydrogen) atoms. The fourth-order valence-electron chi connectivity index (χ4n) is 6.64. The lowest BCUT2D eigenvalue weighted by Crippen LogP contribution is -2.36. The summed E-state index contributed by atoms with van der Waals surface area (Å²) in [6, 6.07) is 0. The maximum Gasteiger partial charge on any atom is 0.416 e. The molecule has 0 aromatic carbocycles. The van der Waals surface area contributed by atoms with Gasteiger partial charge in [-0.2, -0.15) is 0 Å². The summed E-state index contributed by atoms with van der Waals surface area (Å²) < 4.78 is 11.7. The maximum atomic E-state index is 12.8. The van der Waals surface area contributed by atoms with E-state index in [1.165, 1.54) is 167 Å². The van der Waals surface area contributed by atoms with Crippen LogP contribution in [0.4, 0.5) is 9.59 Å². The number of ether oxygens (including phenoxy) is 2. The summed E-state index contributed by atoms with van der Waals surface area (Å²) in [5.41, 5.74) is 0. The summed E-state index contributed by atoms with van der Waals surface area (Å²) in [6.07, 6.45) is 39.6. The van der Waals surface area contributed by atoms with E-state index >= 15 is 0 Å². The second-order valence-electron chi connectivity index (χ2n) is 14.5. The number of hydrogen-bond donors (Lipinski definition) is 1. The van der Waals surface area contributed by atoms with Crippen LogP contribution in [0.1, 0.15) is 246 Å². The summed E-state index contributed by atoms with van der Waals surface area (Å²) in [5.74, 6) is 0. The number of hydrogen-bond acceptors (Lipinski definition) is 4. The highest BCUT2D eigenvalue weighted by molar-refractivity contribution is 5.87. The lowest BCUT2D eigenvalue weighted by molar-refractivity contribution is 0.0655. The molecule has 0 aromatic rings. The Kier molecular flexibility index (Phi) is 36.5. The van der Waals surface area contributed by atoms with E-state index < -0.39 is 12.2 Å². The third kappa shape index (κ3) is 34.4. The van der Waals surface area contributed by atoms with Crippen molar-refractivity contribution in [3.63, 3.8) is 0 Å². The van der Waals surface area contributed by atoms with E-state index in [4.69, 9.17) is 9.47 Å². The fraction of sp³-hybridized carbons (Fsp3) is 0.952. The average molecular weight is 666 g/mol. The van der Waals surface area contributed by atoms with Gasteiger partial charge in [0.25, 0.3) is 0 Å². The number of carbonyl (C=O) groups is 2. The Bertz CT molecular complexity index is 601. The summed E-state index contributed by atoms with van der Waals surface area (Å²) in [5, 5.41) is 2.43. The first-order chi connectivity index (χ1) is 23.1. The normalized spacial score (nSPS) is 12.6. The highest BCUT2D eigenvalue weighted by Gasteiger charge is 2.20. The number of amides is 2. The van der Waals surface area contributed by atoms with Gasteiger partial charge in [0.1, 0.15) is 12.2 Å². The molecule has 5 nitrogen and oxygen atoms in total. The molecule has 0 spiro atoms. The van der Waals surface area contributed by atoms with Crippen LogP contribution < -0.4 is 5.32 Å². The number of carbonyl (C=O) groups excluding carboxylic acids is 2. The number of rotatable bonds is 36. The first kappa shape index (κ1) is 45.7. The van der Waals surface area contributed by atoms with Gasteiger partial charge in [0.2, 0.25) is 0 Å². The van der Waals surface area contributed by atoms with E-state index in [-0.39, 0.29) is 12.2 Å². The van der Waals surface area contributed by atoms with Gasteiger partial charge in [-0.15, -0.1) is 0 Å². The average Bonchev–Trinajstić information content (AvgIpc) is 3.05. The SMILES string of the molecule is CCCCCCCCCCC(CCCCCCCCC)OC(=O)NC(=O)OC(CCCCCCCCC)CCCCCCCCCC.